The number of aryl methyl sites for hydroxylation is 3. The predicted molar refractivity (Wildman–Crippen MR) is 335 cm³/mol. The summed E-state index contributed by atoms with van der Waals surface area (Å²) < 4.78 is 29.9. The normalized spacial score (nSPS) is 26.4. The van der Waals surface area contributed by atoms with Gasteiger partial charge in [0.05, 0.1) is 51.0 Å². The highest BCUT2D eigenvalue weighted by atomic mass is 16.5. The molecule has 0 amide bonds. The van der Waals surface area contributed by atoms with Gasteiger partial charge >= 0.3 is 0 Å². The number of rotatable bonds is 13. The molecule has 87 heavy (non-hydrogen) atoms. The molecule has 456 valence electrons. The lowest BCUT2D eigenvalue weighted by Gasteiger charge is -2.63. The fourth-order valence-electron chi connectivity index (χ4n) is 17.3. The van der Waals surface area contributed by atoms with Crippen LogP contribution in [0.25, 0.3) is 16.6 Å². The largest absolute Gasteiger partial charge is 0.508 e. The number of aliphatic hydroxyl groups excluding tert-OH is 3. The predicted octanol–water partition coefficient (Wildman–Crippen LogP) is 11.2. The number of hydrogen-bond donors (Lipinski definition) is 8. The van der Waals surface area contributed by atoms with Gasteiger partial charge in [-0.3, -0.25) is 5.32 Å². The smallest absolute Gasteiger partial charge is 0.164 e. The number of ether oxygens (including phenoxy) is 4. The highest BCUT2D eigenvalue weighted by Gasteiger charge is 2.63. The average Bonchev–Trinajstić information content (AvgIpc) is 1.04. The van der Waals surface area contributed by atoms with Gasteiger partial charge in [0.2, 0.25) is 0 Å². The van der Waals surface area contributed by atoms with Gasteiger partial charge < -0.3 is 59.5 Å². The van der Waals surface area contributed by atoms with Crippen molar-refractivity contribution in [3.8, 4) is 34.8 Å². The maximum atomic E-state index is 12.4. The molecule has 6 heterocycles. The topological polar surface area (TPSA) is 187 Å². The van der Waals surface area contributed by atoms with Gasteiger partial charge in [-0.15, -0.1) is 0 Å². The molecule has 1 saturated carbocycles. The van der Waals surface area contributed by atoms with E-state index in [9.17, 15) is 30.6 Å². The molecule has 8 atom stereocenters. The van der Waals surface area contributed by atoms with Gasteiger partial charge in [0.1, 0.15) is 30.1 Å². The number of phenols is 3. The molecule has 0 radical (unpaired) electrons. The first kappa shape index (κ1) is 58.1. The van der Waals surface area contributed by atoms with Gasteiger partial charge in [0, 0.05) is 70.2 Å². The average molecular weight is 1180 g/mol. The van der Waals surface area contributed by atoms with Crippen LogP contribution in [0.1, 0.15) is 151 Å². The van der Waals surface area contributed by atoms with Crippen molar-refractivity contribution in [3.05, 3.63) is 170 Å². The monoisotopic (exact) mass is 1180 g/mol. The number of benzene rings is 5. The van der Waals surface area contributed by atoms with Crippen LogP contribution in [0.2, 0.25) is 0 Å². The van der Waals surface area contributed by atoms with Crippen LogP contribution in [0, 0.1) is 35.5 Å². The van der Waals surface area contributed by atoms with Crippen molar-refractivity contribution >= 4 is 16.6 Å². The van der Waals surface area contributed by atoms with E-state index in [-0.39, 0.29) is 85.3 Å². The number of fused-ring (bicyclic) bond motifs is 4. The molecule has 4 aliphatic carbocycles. The molecule has 1 aromatic heterocycles. The lowest BCUT2D eigenvalue weighted by Crippen LogP contribution is -2.64. The Bertz CT molecular complexity index is 3660. The SMILES string of the molecule is OCCCOCNC1C=C2C#CC(CCc3ccc(O)c(Cc4cccc(O)c4)c3)CCCC3CC(O)C4CCc5c(c(CO)cc(O)c5OCc5cc(C67c8c9cccc8CCC6C6(CCCCC6)OCC7CC9)cc6cn(cc56)C(=C2CO3)N1)C4. The summed E-state index contributed by atoms with van der Waals surface area (Å²) in [5.74, 6) is 9.79. The van der Waals surface area contributed by atoms with E-state index in [1.54, 1.807) is 24.3 Å². The Morgan fingerprint density at radius 1 is 0.793 bits per heavy atom. The second-order valence-electron chi connectivity index (χ2n) is 26.5. The van der Waals surface area contributed by atoms with Crippen LogP contribution in [0.3, 0.4) is 0 Å². The number of nitrogens with zero attached hydrogens (tertiary/aromatic N) is 1. The molecule has 13 nitrogen and oxygen atoms in total. The molecule has 15 rings (SSSR count). The van der Waals surface area contributed by atoms with Gasteiger partial charge in [-0.1, -0.05) is 79.6 Å². The molecule has 8 bridgehead atoms. The van der Waals surface area contributed by atoms with Crippen molar-refractivity contribution < 1.29 is 49.6 Å². The minimum absolute atomic E-state index is 0.0158. The molecular formula is C74H85N3O10. The third-order valence-corrected chi connectivity index (χ3v) is 21.5. The molecule has 1 saturated heterocycles. The standard InChI is InChI=1S/C74H85N3O10/c78-28-7-29-84-45-75-69-37-51-18-16-46(14-15-47-17-24-65(81)53(30-47)31-48-9-4-12-59(80)32-48)8-5-13-60-38-66(82)52-20-23-61-62(35-52)55(41-79)36-67(83)71(61)86-42-56-34-58(33-54-39-77(40-63(54)56)72(76-69)64(51)44-85-60)74-57-22-19-49-10-6-11-50(70(49)74)21-25-68(74)73(87-43-57)26-2-1-3-27-73/h4,6,9-12,17,24,30,32-34,36-37,39-40,46,52,57,60,66,68-69,75-76,78-83H,1-3,5,7-8,13-15,19-23,25-29,31,35,38,41-45H2. The van der Waals surface area contributed by atoms with E-state index in [1.165, 1.54) is 41.5 Å². The van der Waals surface area contributed by atoms with Crippen molar-refractivity contribution in [2.45, 2.75) is 171 Å². The summed E-state index contributed by atoms with van der Waals surface area (Å²) in [6.07, 6.45) is 22.5. The van der Waals surface area contributed by atoms with Crippen molar-refractivity contribution in [2.75, 3.05) is 33.2 Å². The lowest BCUT2D eigenvalue weighted by atomic mass is 9.45. The van der Waals surface area contributed by atoms with Gasteiger partial charge in [0.15, 0.2) is 11.5 Å². The third kappa shape index (κ3) is 11.2. The van der Waals surface area contributed by atoms with E-state index >= 15 is 0 Å². The van der Waals surface area contributed by atoms with E-state index in [0.29, 0.717) is 62.4 Å². The van der Waals surface area contributed by atoms with Gasteiger partial charge in [-0.2, -0.15) is 0 Å². The van der Waals surface area contributed by atoms with Crippen LogP contribution in [-0.4, -0.2) is 92.3 Å². The Kier molecular flexibility index (Phi) is 16.5. The summed E-state index contributed by atoms with van der Waals surface area (Å²) in [6, 6.07) is 26.8. The van der Waals surface area contributed by atoms with E-state index < -0.39 is 12.3 Å². The number of nitrogens with one attached hydrogen (secondary N) is 2. The maximum Gasteiger partial charge on any atom is 0.164 e. The number of aromatic nitrogens is 1. The van der Waals surface area contributed by atoms with Crippen LogP contribution >= 0.6 is 0 Å². The molecule has 6 aromatic rings. The molecule has 1 spiro atoms. The zero-order chi connectivity index (χ0) is 59.2. The van der Waals surface area contributed by atoms with Gasteiger partial charge in [-0.05, 0) is 207 Å². The summed E-state index contributed by atoms with van der Waals surface area (Å²) in [6.45, 7) is 1.64. The van der Waals surface area contributed by atoms with Gasteiger partial charge in [0.25, 0.3) is 0 Å². The summed E-state index contributed by atoms with van der Waals surface area (Å²) >= 11 is 0. The van der Waals surface area contributed by atoms with Crippen LogP contribution in [0.4, 0.5) is 0 Å². The second-order valence-corrected chi connectivity index (χ2v) is 26.5. The van der Waals surface area contributed by atoms with E-state index in [4.69, 9.17) is 18.9 Å². The maximum absolute atomic E-state index is 12.4. The second kappa shape index (κ2) is 24.8. The third-order valence-electron chi connectivity index (χ3n) is 21.5. The molecule has 5 aliphatic heterocycles. The number of aromatic hydroxyl groups is 3. The number of phenolic OH excluding ortho intramolecular Hbond substituents is 3. The quantitative estimate of drug-likeness (QED) is 0.0311. The van der Waals surface area contributed by atoms with Crippen molar-refractivity contribution in [1.82, 2.24) is 15.2 Å². The zero-order valence-corrected chi connectivity index (χ0v) is 50.1. The number of aliphatic hydroxyl groups is 3. The fourth-order valence-corrected chi connectivity index (χ4v) is 17.3. The van der Waals surface area contributed by atoms with E-state index in [2.05, 4.69) is 81.9 Å². The van der Waals surface area contributed by atoms with Crippen LogP contribution in [0.5, 0.6) is 23.0 Å². The van der Waals surface area contributed by atoms with E-state index in [1.807, 2.05) is 18.2 Å². The van der Waals surface area contributed by atoms with Gasteiger partial charge in [-0.25, -0.2) is 0 Å². The fraction of sp³-hybridized carbons (Fsp3) is 0.486. The number of hydrogen-bond acceptors (Lipinski definition) is 12. The first-order chi connectivity index (χ1) is 42.6. The first-order valence-electron chi connectivity index (χ1n) is 32.6. The molecule has 5 aromatic carbocycles. The molecular weight excluding hydrogens is 1090 g/mol. The van der Waals surface area contributed by atoms with Crippen molar-refractivity contribution in [1.29, 1.82) is 0 Å². The highest BCUT2D eigenvalue weighted by Crippen LogP contribution is 2.64. The van der Waals surface area contributed by atoms with Crippen LogP contribution < -0.4 is 15.4 Å². The number of dihydropyridines is 1. The van der Waals surface area contributed by atoms with E-state index in [0.717, 1.165) is 138 Å². The summed E-state index contributed by atoms with van der Waals surface area (Å²) in [7, 11) is 0. The summed E-state index contributed by atoms with van der Waals surface area (Å²) in [5, 5.41) is 75.7. The lowest BCUT2D eigenvalue weighted by molar-refractivity contribution is -0.193. The minimum atomic E-state index is -0.690. The molecule has 8 N–H and O–H groups in total. The summed E-state index contributed by atoms with van der Waals surface area (Å²) in [4.78, 5) is 0. The molecule has 9 aliphatic rings. The minimum Gasteiger partial charge on any atom is -0.508 e. The Labute approximate surface area is 511 Å². The Morgan fingerprint density at radius 3 is 2.51 bits per heavy atom. The Hall–Kier alpha value is -6.60. The van der Waals surface area contributed by atoms with Crippen LogP contribution in [0.15, 0.2) is 108 Å². The molecule has 8 unspecified atom stereocenters. The van der Waals surface area contributed by atoms with Crippen LogP contribution in [-0.2, 0) is 71.4 Å². The highest BCUT2D eigenvalue weighted by molar-refractivity contribution is 5.89. The summed E-state index contributed by atoms with van der Waals surface area (Å²) in [5.41, 5.74) is 13.5. The van der Waals surface area contributed by atoms with Crippen molar-refractivity contribution in [3.63, 3.8) is 0 Å². The zero-order valence-electron chi connectivity index (χ0n) is 50.1. The molecule has 2 fully saturated rings. The molecule has 13 heteroatoms. The Morgan fingerprint density at radius 2 is 1.66 bits per heavy atom. The Balaban J connectivity index is 0.918. The van der Waals surface area contributed by atoms with Crippen molar-refractivity contribution in [2.24, 2.45) is 23.7 Å². The first-order valence-corrected chi connectivity index (χ1v) is 32.6.